The molecule has 0 aromatic heterocycles. The van der Waals surface area contributed by atoms with Crippen LogP contribution in [0.25, 0.3) is 0 Å². The van der Waals surface area contributed by atoms with Crippen molar-refractivity contribution < 1.29 is 21.6 Å². The fourth-order valence-electron chi connectivity index (χ4n) is 2.07. The minimum Gasteiger partial charge on any atom is -0.344 e. The fraction of sp³-hybridized carbons (Fsp3) is 0.133. The number of hydrogen-bond acceptors (Lipinski definition) is 4. The lowest BCUT2D eigenvalue weighted by Gasteiger charge is -2.21. The van der Waals surface area contributed by atoms with Crippen molar-refractivity contribution in [1.29, 1.82) is 5.26 Å². The van der Waals surface area contributed by atoms with Gasteiger partial charge in [0.1, 0.15) is 6.07 Å². The summed E-state index contributed by atoms with van der Waals surface area (Å²) in [5.74, 6) is 0. The van der Waals surface area contributed by atoms with Crippen molar-refractivity contribution in [2.24, 2.45) is 0 Å². The van der Waals surface area contributed by atoms with Crippen LogP contribution in [0.5, 0.6) is 0 Å². The molecule has 0 N–H and O–H groups in total. The normalized spacial score (nSPS) is 11.8. The molecule has 24 heavy (non-hydrogen) atoms. The van der Waals surface area contributed by atoms with Crippen LogP contribution in [-0.2, 0) is 15.2 Å². The summed E-state index contributed by atoms with van der Waals surface area (Å²) in [5, 5.41) is 9.11. The van der Waals surface area contributed by atoms with Gasteiger partial charge in [-0.05, 0) is 42.5 Å². The van der Waals surface area contributed by atoms with E-state index in [0.29, 0.717) is 5.69 Å². The third-order valence-corrected chi connectivity index (χ3v) is 4.68. The molecule has 126 valence electrons. The van der Waals surface area contributed by atoms with Crippen LogP contribution in [0.4, 0.5) is 24.5 Å². The molecule has 2 aromatic rings. The largest absolute Gasteiger partial charge is 0.416 e. The van der Waals surface area contributed by atoms with Gasteiger partial charge in [0.25, 0.3) is 9.05 Å². The fourth-order valence-corrected chi connectivity index (χ4v) is 2.84. The van der Waals surface area contributed by atoms with Crippen LogP contribution >= 0.6 is 10.7 Å². The van der Waals surface area contributed by atoms with Crippen LogP contribution < -0.4 is 4.90 Å². The molecule has 0 heterocycles. The van der Waals surface area contributed by atoms with Crippen LogP contribution in [0.2, 0.25) is 0 Å². The summed E-state index contributed by atoms with van der Waals surface area (Å²) in [6.07, 6.45) is -4.54. The Bertz CT molecular complexity index is 904. The Kier molecular flexibility index (Phi) is 4.78. The summed E-state index contributed by atoms with van der Waals surface area (Å²) in [7, 11) is 2.91. The van der Waals surface area contributed by atoms with Crippen molar-refractivity contribution in [2.45, 2.75) is 11.1 Å². The molecule has 0 saturated heterocycles. The molecule has 0 atom stereocenters. The molecule has 0 spiro atoms. The minimum absolute atomic E-state index is 0.103. The van der Waals surface area contributed by atoms with E-state index in [-0.39, 0.29) is 16.1 Å². The van der Waals surface area contributed by atoms with Gasteiger partial charge in [-0.3, -0.25) is 0 Å². The summed E-state index contributed by atoms with van der Waals surface area (Å²) in [6.45, 7) is 0. The van der Waals surface area contributed by atoms with E-state index in [1.54, 1.807) is 13.1 Å². The van der Waals surface area contributed by atoms with E-state index in [2.05, 4.69) is 0 Å². The van der Waals surface area contributed by atoms with Crippen molar-refractivity contribution in [3.63, 3.8) is 0 Å². The van der Waals surface area contributed by atoms with E-state index in [4.69, 9.17) is 15.9 Å². The van der Waals surface area contributed by atoms with Gasteiger partial charge in [0, 0.05) is 23.4 Å². The van der Waals surface area contributed by atoms with Crippen LogP contribution in [0, 0.1) is 11.3 Å². The highest BCUT2D eigenvalue weighted by Gasteiger charge is 2.31. The third kappa shape index (κ3) is 3.80. The van der Waals surface area contributed by atoms with E-state index in [1.807, 2.05) is 0 Å². The first-order valence-corrected chi connectivity index (χ1v) is 8.75. The summed E-state index contributed by atoms with van der Waals surface area (Å²) in [6, 6.07) is 9.98. The second-order valence-corrected chi connectivity index (χ2v) is 7.40. The monoisotopic (exact) mass is 374 g/mol. The Morgan fingerprint density at radius 3 is 2.17 bits per heavy atom. The molecule has 0 aliphatic heterocycles. The summed E-state index contributed by atoms with van der Waals surface area (Å²) in [5.41, 5.74) is -0.330. The van der Waals surface area contributed by atoms with Gasteiger partial charge in [0.2, 0.25) is 0 Å². The van der Waals surface area contributed by atoms with Gasteiger partial charge in [-0.15, -0.1) is 0 Å². The highest BCUT2D eigenvalue weighted by molar-refractivity contribution is 8.13. The molecule has 2 aromatic carbocycles. The molecule has 0 bridgehead atoms. The second kappa shape index (κ2) is 6.34. The van der Waals surface area contributed by atoms with Crippen molar-refractivity contribution in [3.8, 4) is 6.07 Å². The first-order valence-electron chi connectivity index (χ1n) is 6.44. The lowest BCUT2D eigenvalue weighted by molar-refractivity contribution is -0.137. The maximum atomic E-state index is 12.7. The first-order chi connectivity index (χ1) is 11.0. The Hall–Kier alpha value is -2.24. The van der Waals surface area contributed by atoms with Crippen molar-refractivity contribution >= 4 is 31.1 Å². The SMILES string of the molecule is CN(c1ccc(S(=O)(=O)Cl)cc1)c1ccc(C(F)(F)F)cc1C#N. The second-order valence-electron chi connectivity index (χ2n) is 4.83. The number of hydrogen-bond donors (Lipinski definition) is 0. The van der Waals surface area contributed by atoms with Gasteiger partial charge in [-0.1, -0.05) is 0 Å². The van der Waals surface area contributed by atoms with Gasteiger partial charge in [-0.2, -0.15) is 18.4 Å². The number of benzene rings is 2. The zero-order valence-electron chi connectivity index (χ0n) is 12.2. The first kappa shape index (κ1) is 18.1. The predicted octanol–water partition coefficient (Wildman–Crippen LogP) is 4.27. The molecule has 0 aliphatic rings. The quantitative estimate of drug-likeness (QED) is 0.753. The molecule has 0 amide bonds. The van der Waals surface area contributed by atoms with E-state index in [9.17, 15) is 21.6 Å². The molecule has 0 aliphatic carbocycles. The van der Waals surface area contributed by atoms with Gasteiger partial charge < -0.3 is 4.90 Å². The number of halogens is 4. The van der Waals surface area contributed by atoms with Crippen LogP contribution in [0.1, 0.15) is 11.1 Å². The average molecular weight is 375 g/mol. The van der Waals surface area contributed by atoms with Gasteiger partial charge in [-0.25, -0.2) is 8.42 Å². The topological polar surface area (TPSA) is 61.2 Å². The maximum Gasteiger partial charge on any atom is 0.416 e. The Morgan fingerprint density at radius 1 is 1.12 bits per heavy atom. The van der Waals surface area contributed by atoms with E-state index < -0.39 is 20.8 Å². The Labute approximate surface area is 141 Å². The molecule has 9 heteroatoms. The van der Waals surface area contributed by atoms with E-state index in [0.717, 1.165) is 12.1 Å². The molecular formula is C15H10ClF3N2O2S. The van der Waals surface area contributed by atoms with E-state index >= 15 is 0 Å². The number of rotatable bonds is 3. The zero-order valence-corrected chi connectivity index (χ0v) is 13.7. The average Bonchev–Trinajstić information content (AvgIpc) is 2.52. The lowest BCUT2D eigenvalue weighted by Crippen LogP contribution is -2.13. The van der Waals surface area contributed by atoms with E-state index in [1.165, 1.54) is 35.2 Å². The number of nitrogens with zero attached hydrogens (tertiary/aromatic N) is 2. The van der Waals surface area contributed by atoms with Crippen LogP contribution in [0.3, 0.4) is 0 Å². The Balaban J connectivity index is 2.43. The Morgan fingerprint density at radius 2 is 1.71 bits per heavy atom. The predicted molar refractivity (Wildman–Crippen MR) is 83.7 cm³/mol. The number of alkyl halides is 3. The maximum absolute atomic E-state index is 12.7. The molecule has 0 fully saturated rings. The zero-order chi connectivity index (χ0) is 18.1. The van der Waals surface area contributed by atoms with Gasteiger partial charge >= 0.3 is 6.18 Å². The molecule has 0 saturated carbocycles. The molecule has 4 nitrogen and oxygen atoms in total. The standard InChI is InChI=1S/C15H10ClF3N2O2S/c1-21(12-3-5-13(6-4-12)24(16,22)23)14-7-2-11(15(17,18)19)8-10(14)9-20/h2-8H,1H3. The highest BCUT2D eigenvalue weighted by Crippen LogP contribution is 2.34. The van der Waals surface area contributed by atoms with Crippen LogP contribution in [0.15, 0.2) is 47.4 Å². The van der Waals surface area contributed by atoms with Crippen molar-refractivity contribution in [1.82, 2.24) is 0 Å². The molecular weight excluding hydrogens is 365 g/mol. The van der Waals surface area contributed by atoms with Crippen molar-refractivity contribution in [2.75, 3.05) is 11.9 Å². The molecule has 2 rings (SSSR count). The van der Waals surface area contributed by atoms with Crippen molar-refractivity contribution in [3.05, 3.63) is 53.6 Å². The highest BCUT2D eigenvalue weighted by atomic mass is 35.7. The number of nitriles is 1. The smallest absolute Gasteiger partial charge is 0.344 e. The van der Waals surface area contributed by atoms with Gasteiger partial charge in [0.15, 0.2) is 0 Å². The summed E-state index contributed by atoms with van der Waals surface area (Å²) >= 11 is 0. The van der Waals surface area contributed by atoms with Crippen LogP contribution in [-0.4, -0.2) is 15.5 Å². The molecule has 0 radical (unpaired) electrons. The minimum atomic E-state index is -4.54. The summed E-state index contributed by atoms with van der Waals surface area (Å²) < 4.78 is 60.6. The van der Waals surface area contributed by atoms with Gasteiger partial charge in [0.05, 0.1) is 21.7 Å². The third-order valence-electron chi connectivity index (χ3n) is 3.31. The number of anilines is 2. The molecule has 0 unspecified atom stereocenters. The lowest BCUT2D eigenvalue weighted by atomic mass is 10.1. The summed E-state index contributed by atoms with van der Waals surface area (Å²) in [4.78, 5) is 1.37.